The normalized spacial score (nSPS) is 36.7. The quantitative estimate of drug-likeness (QED) is 0.0875. The minimum Gasteiger partial charge on any atom is -0.426 e. The molecule has 38 heteroatoms. The van der Waals surface area contributed by atoms with Crippen molar-refractivity contribution in [2.45, 2.75) is 88.7 Å². The Morgan fingerprint density at radius 1 is 0.729 bits per heavy atom. The summed E-state index contributed by atoms with van der Waals surface area (Å²) in [5.74, 6) is -0.544. The van der Waals surface area contributed by atoms with Crippen LogP contribution in [0.5, 0.6) is 0 Å². The molecule has 1 N–H and O–H groups in total. The van der Waals surface area contributed by atoms with E-state index in [9.17, 15) is 9.90 Å². The number of hydrogen-bond acceptors (Lipinski definition) is 8. The molecule has 342 valence electrons. The maximum atomic E-state index is 14.1. The van der Waals surface area contributed by atoms with Gasteiger partial charge in [0.25, 0.3) is 0 Å². The van der Waals surface area contributed by atoms with Crippen LogP contribution in [0.25, 0.3) is 0 Å². The minimum atomic E-state index is -1.25. The third kappa shape index (κ3) is 13.2. The van der Waals surface area contributed by atoms with Gasteiger partial charge >= 0.3 is 6.16 Å². The highest BCUT2D eigenvalue weighted by Gasteiger charge is 2.78. The van der Waals surface area contributed by atoms with Crippen molar-refractivity contribution in [1.29, 1.82) is 0 Å². The van der Waals surface area contributed by atoms with E-state index in [-0.39, 0.29) is 45.9 Å². The molecule has 4 fully saturated rings. The molecule has 30 atom stereocenters. The van der Waals surface area contributed by atoms with Crippen LogP contribution >= 0.6 is 243 Å². The summed E-state index contributed by atoms with van der Waals surface area (Å²) in [5, 5.41) is 13.1. The Morgan fingerprint density at radius 2 is 1.29 bits per heavy atom. The first-order chi connectivity index (χ1) is 27.2. The van der Waals surface area contributed by atoms with Crippen LogP contribution in [0.4, 0.5) is 4.79 Å². The van der Waals surface area contributed by atoms with Gasteiger partial charge in [0, 0.05) is 43.6 Å². The Balaban J connectivity index is 1.79. The van der Waals surface area contributed by atoms with Crippen LogP contribution in [0.2, 0.25) is 0 Å². The lowest BCUT2D eigenvalue weighted by molar-refractivity contribution is -0.339. The van der Waals surface area contributed by atoms with Crippen molar-refractivity contribution in [2.75, 3.05) is 6.61 Å². The summed E-state index contributed by atoms with van der Waals surface area (Å²) in [7, 11) is 47.6. The fourth-order valence-corrected chi connectivity index (χ4v) is 238. The summed E-state index contributed by atoms with van der Waals surface area (Å²) in [6, 6.07) is 0. The molecule has 2 heterocycles. The van der Waals surface area contributed by atoms with Crippen molar-refractivity contribution in [3.63, 3.8) is 0 Å². The van der Waals surface area contributed by atoms with E-state index in [0.29, 0.717) is 27.2 Å². The van der Waals surface area contributed by atoms with E-state index in [4.69, 9.17) is 27.8 Å². The van der Waals surface area contributed by atoms with Crippen molar-refractivity contribution >= 4 is 249 Å². The Hall–Kier alpha value is 11.7. The van der Waals surface area contributed by atoms with Gasteiger partial charge < -0.3 is 32.9 Å². The molecule has 2 saturated carbocycles. The van der Waals surface area contributed by atoms with Crippen LogP contribution in [0.3, 0.4) is 0 Å². The highest BCUT2D eigenvalue weighted by Crippen LogP contribution is 3.21. The average molecular weight is 1370 g/mol. The molecular formula is C21H60O8P30. The molecule has 2 aliphatic heterocycles. The molecule has 0 radical (unpaired) electrons. The molecule has 0 aromatic rings. The summed E-state index contributed by atoms with van der Waals surface area (Å²) >= 11 is 0. The third-order valence-electron chi connectivity index (χ3n) is 11.5. The van der Waals surface area contributed by atoms with E-state index in [2.05, 4.69) is 171 Å². The molecule has 2 saturated heterocycles. The predicted octanol–water partition coefficient (Wildman–Crippen LogP) is 19.1. The smallest absolute Gasteiger partial charge is 0.426 e. The lowest BCUT2D eigenvalue weighted by Crippen LogP contribution is -2.78. The van der Waals surface area contributed by atoms with Gasteiger partial charge in [0.2, 0.25) is 0 Å². The van der Waals surface area contributed by atoms with Gasteiger partial charge in [0.15, 0.2) is 11.7 Å². The topological polar surface area (TPSA) is 92.7 Å². The van der Waals surface area contributed by atoms with Gasteiger partial charge in [0.05, 0.1) is 53.6 Å². The number of rotatable bonds is 17. The number of ether oxygens (including phenoxy) is 3. The maximum absolute atomic E-state index is 14.1. The molecule has 1 spiro atoms. The van der Waals surface area contributed by atoms with E-state index in [0.717, 1.165) is 5.57 Å². The molecule has 2 bridgehead atoms. The van der Waals surface area contributed by atoms with Crippen LogP contribution in [-0.4, -0.2) is 59.6 Å². The summed E-state index contributed by atoms with van der Waals surface area (Å²) in [6.45, 7) is 4.73. The average Bonchev–Trinajstić information content (AvgIpc) is 3.42. The van der Waals surface area contributed by atoms with Crippen LogP contribution in [0, 0.1) is 16.7 Å². The second-order valence-electron chi connectivity index (χ2n) is 15.1. The van der Waals surface area contributed by atoms with Crippen molar-refractivity contribution in [3.8, 4) is 0 Å². The van der Waals surface area contributed by atoms with Crippen LogP contribution in [0.1, 0.15) is 47.0 Å². The number of hydrogen-bond donors (Lipinski definition) is 1. The zero-order chi connectivity index (χ0) is 44.5. The summed E-state index contributed by atoms with van der Waals surface area (Å²) in [6.07, 6.45) is -1.27. The van der Waals surface area contributed by atoms with Crippen molar-refractivity contribution in [1.82, 2.24) is 0 Å². The molecule has 21 unspecified atom stereocenters. The molecule has 59 heavy (non-hydrogen) atoms. The van der Waals surface area contributed by atoms with E-state index in [1.165, 1.54) is 5.57 Å². The fraction of sp³-hybridized carbons (Fsp3) is 0.857. The van der Waals surface area contributed by atoms with Crippen molar-refractivity contribution < 1.29 is 37.7 Å². The molecule has 5 aliphatic rings. The van der Waals surface area contributed by atoms with E-state index in [1.54, 1.807) is 0 Å². The lowest BCUT2D eigenvalue weighted by atomic mass is 9.45. The molecule has 0 aromatic heterocycles. The van der Waals surface area contributed by atoms with E-state index >= 15 is 0 Å². The summed E-state index contributed by atoms with van der Waals surface area (Å²) in [4.78, 5) is 14.1. The van der Waals surface area contributed by atoms with E-state index in [1.807, 2.05) is 0 Å². The minimum absolute atomic E-state index is 0.173. The lowest BCUT2D eigenvalue weighted by Gasteiger charge is -2.67. The second-order valence-corrected chi connectivity index (χ2v) is 122. The van der Waals surface area contributed by atoms with Crippen LogP contribution in [-0.2, 0) is 27.8 Å². The Labute approximate surface area is 406 Å². The highest BCUT2D eigenvalue weighted by molar-refractivity contribution is 9.25. The third-order valence-corrected chi connectivity index (χ3v) is 155. The molecule has 5 rings (SSSR count). The highest BCUT2D eigenvalue weighted by atomic mass is 33.3. The summed E-state index contributed by atoms with van der Waals surface area (Å²) in [5.41, 5.74) is -1.46. The predicted molar refractivity (Wildman–Crippen MR) is 349 cm³/mol. The van der Waals surface area contributed by atoms with E-state index < -0.39 is 118 Å². The molecule has 0 amide bonds. The van der Waals surface area contributed by atoms with Gasteiger partial charge in [0.1, 0.15) is 5.60 Å². The first-order valence-corrected chi connectivity index (χ1v) is 69.4. The monoisotopic (exact) mass is 1370 g/mol. The first kappa shape index (κ1) is 61.6. The van der Waals surface area contributed by atoms with Crippen LogP contribution < -0.4 is 0 Å². The van der Waals surface area contributed by atoms with Crippen molar-refractivity contribution in [3.05, 3.63) is 11.1 Å². The van der Waals surface area contributed by atoms with Gasteiger partial charge in [-0.1, -0.05) is 37.7 Å². The molecular weight excluding hydrogens is 1310 g/mol. The standard InChI is InChI=1S/C21H60O8P30/c1-9-10(27-47(31)58(54(40)41)59(55(42)43)56(44)45)7-21-16(25-17(22)26-21)15-19(4,12(5-13-20(15,23)8-24-13)29-48(50(32)33)51(34)35)6-11(14(9)18(21,2)3)28-49(52(36)37)57(46-30)53(38)39/h10-13,15-16,23,46H,5-8,30-45H2,1-4H3/t10-,11+,12-,13+,15-,16-,19+,20-,21+,47?,49?,57?,58?/m0/s1. The van der Waals surface area contributed by atoms with Crippen molar-refractivity contribution in [2.24, 2.45) is 16.7 Å². The molecule has 3 aliphatic carbocycles. The number of carbonyl (C=O) groups excluding carboxylic acids is 1. The molecule has 0 aromatic carbocycles. The zero-order valence-corrected chi connectivity index (χ0v) is 63.8. The van der Waals surface area contributed by atoms with Gasteiger partial charge in [-0.15, -0.1) is 134 Å². The first-order valence-electron chi connectivity index (χ1n) is 17.2. The number of fused-ring (bicyclic) bond motifs is 5. The molecule has 8 nitrogen and oxygen atoms in total. The SMILES string of the molecule is CC1=C2[C@H](OP(P(P)P)P(PP)P(P)P)C[C@]3(C)[C@@H](OP(P(P)P)P(P)P)C[C@H]4OC[C@@]4(O)[C@H]3[C@@H]3OC(=O)O[C@@]3(C[C@@H]1OP(P)P(P(P)P)P(P(P)P)P(P)P)C2(C)C. The zero-order valence-electron chi connectivity index (χ0n) is 32.6. The Kier molecular flexibility index (Phi) is 27.0. The fourth-order valence-electron chi connectivity index (χ4n) is 9.16. The Bertz CT molecular complexity index is 1510. The number of aliphatic hydroxyl groups is 1. The van der Waals surface area contributed by atoms with Gasteiger partial charge in [-0.3, -0.25) is 0 Å². The van der Waals surface area contributed by atoms with Crippen LogP contribution in [0.15, 0.2) is 11.1 Å². The number of carbonyl (C=O) groups is 1. The Morgan fingerprint density at radius 3 is 1.75 bits per heavy atom. The van der Waals surface area contributed by atoms with Gasteiger partial charge in [-0.25, -0.2) is 4.79 Å². The second kappa shape index (κ2) is 25.9. The summed E-state index contributed by atoms with van der Waals surface area (Å²) < 4.78 is 42.5. The van der Waals surface area contributed by atoms with Gasteiger partial charge in [-0.2, -0.15) is 0 Å². The van der Waals surface area contributed by atoms with Gasteiger partial charge in [-0.05, 0) is 80.4 Å². The maximum Gasteiger partial charge on any atom is 0.509 e. The largest absolute Gasteiger partial charge is 0.509 e.